The molecule has 6 nitrogen and oxygen atoms in total. The highest BCUT2D eigenvalue weighted by Gasteiger charge is 2.21. The maximum Gasteiger partial charge on any atom is 0.241 e. The zero-order chi connectivity index (χ0) is 16.9. The third-order valence-corrected chi connectivity index (χ3v) is 4.41. The van der Waals surface area contributed by atoms with Crippen LogP contribution in [0.25, 0.3) is 0 Å². The van der Waals surface area contributed by atoms with Crippen LogP contribution in [-0.4, -0.2) is 32.1 Å². The van der Waals surface area contributed by atoms with Gasteiger partial charge in [0.2, 0.25) is 15.9 Å². The van der Waals surface area contributed by atoms with Crippen LogP contribution in [0, 0.1) is 6.92 Å². The van der Waals surface area contributed by atoms with Crippen molar-refractivity contribution in [2.45, 2.75) is 13.5 Å². The van der Waals surface area contributed by atoms with Crippen LogP contribution < -0.4 is 9.62 Å². The van der Waals surface area contributed by atoms with Crippen LogP contribution in [0.4, 0.5) is 5.69 Å². The molecule has 2 rings (SSSR count). The summed E-state index contributed by atoms with van der Waals surface area (Å²) >= 11 is 0. The molecule has 0 radical (unpaired) electrons. The van der Waals surface area contributed by atoms with Crippen molar-refractivity contribution < 1.29 is 13.2 Å². The Morgan fingerprint density at radius 2 is 1.96 bits per heavy atom. The maximum atomic E-state index is 12.1. The molecule has 0 bridgehead atoms. The summed E-state index contributed by atoms with van der Waals surface area (Å²) in [7, 11) is -3.56. The van der Waals surface area contributed by atoms with Crippen molar-refractivity contribution in [3.63, 3.8) is 0 Å². The number of nitrogens with zero attached hydrogens (tertiary/aromatic N) is 2. The number of amides is 1. The van der Waals surface area contributed by atoms with Gasteiger partial charge >= 0.3 is 0 Å². The molecule has 7 heteroatoms. The average molecular weight is 333 g/mol. The summed E-state index contributed by atoms with van der Waals surface area (Å²) in [5, 5.41) is 2.71. The lowest BCUT2D eigenvalue weighted by Gasteiger charge is -2.23. The molecule has 23 heavy (non-hydrogen) atoms. The Kier molecular flexibility index (Phi) is 5.33. The van der Waals surface area contributed by atoms with Gasteiger partial charge in [0.1, 0.15) is 6.54 Å². The Balaban J connectivity index is 2.10. The highest BCUT2D eigenvalue weighted by atomic mass is 32.2. The van der Waals surface area contributed by atoms with Crippen molar-refractivity contribution >= 4 is 21.6 Å². The van der Waals surface area contributed by atoms with E-state index in [4.69, 9.17) is 0 Å². The number of hydrogen-bond acceptors (Lipinski definition) is 4. The third kappa shape index (κ3) is 4.79. The van der Waals surface area contributed by atoms with Gasteiger partial charge in [-0.1, -0.05) is 24.3 Å². The fourth-order valence-electron chi connectivity index (χ4n) is 2.11. The lowest BCUT2D eigenvalue weighted by molar-refractivity contribution is -0.119. The highest BCUT2D eigenvalue weighted by molar-refractivity contribution is 7.92. The fraction of sp³-hybridized carbons (Fsp3) is 0.250. The number of carbonyl (C=O) groups excluding carboxylic acids is 1. The number of rotatable bonds is 6. The van der Waals surface area contributed by atoms with Gasteiger partial charge in [-0.15, -0.1) is 0 Å². The predicted octanol–water partition coefficient (Wildman–Crippen LogP) is 1.47. The number of hydrogen-bond donors (Lipinski definition) is 1. The minimum absolute atomic E-state index is 0.260. The quantitative estimate of drug-likeness (QED) is 0.868. The summed E-state index contributed by atoms with van der Waals surface area (Å²) in [5.74, 6) is -0.373. The largest absolute Gasteiger partial charge is 0.350 e. The molecular formula is C16H19N3O3S. The van der Waals surface area contributed by atoms with E-state index < -0.39 is 10.0 Å². The van der Waals surface area contributed by atoms with Crippen LogP contribution in [0.15, 0.2) is 48.8 Å². The van der Waals surface area contributed by atoms with Gasteiger partial charge in [0.25, 0.3) is 0 Å². The third-order valence-electron chi connectivity index (χ3n) is 3.28. The highest BCUT2D eigenvalue weighted by Crippen LogP contribution is 2.21. The standard InChI is InChI=1S/C16H19N3O3S/c1-13-6-3-4-8-15(13)19(23(2,21)22)12-16(20)18-11-14-7-5-9-17-10-14/h3-10H,11-12H2,1-2H3,(H,18,20). The smallest absolute Gasteiger partial charge is 0.241 e. The maximum absolute atomic E-state index is 12.1. The predicted molar refractivity (Wildman–Crippen MR) is 89.5 cm³/mol. The molecule has 0 aliphatic heterocycles. The average Bonchev–Trinajstić information content (AvgIpc) is 2.51. The molecule has 0 fully saturated rings. The second kappa shape index (κ2) is 7.23. The van der Waals surface area contributed by atoms with Gasteiger partial charge in [-0.2, -0.15) is 0 Å². The van der Waals surface area contributed by atoms with Crippen molar-refractivity contribution in [1.29, 1.82) is 0 Å². The van der Waals surface area contributed by atoms with Crippen LogP contribution in [0.1, 0.15) is 11.1 Å². The first-order valence-electron chi connectivity index (χ1n) is 7.07. The van der Waals surface area contributed by atoms with E-state index in [1.807, 2.05) is 12.1 Å². The van der Waals surface area contributed by atoms with Crippen molar-refractivity contribution in [2.75, 3.05) is 17.1 Å². The van der Waals surface area contributed by atoms with E-state index >= 15 is 0 Å². The van der Waals surface area contributed by atoms with Crippen LogP contribution >= 0.6 is 0 Å². The molecule has 0 spiro atoms. The molecule has 1 heterocycles. The number of carbonyl (C=O) groups is 1. The normalized spacial score (nSPS) is 11.0. The summed E-state index contributed by atoms with van der Waals surface area (Å²) in [6, 6.07) is 10.7. The molecule has 0 aliphatic rings. The summed E-state index contributed by atoms with van der Waals surface area (Å²) in [4.78, 5) is 16.1. The summed E-state index contributed by atoms with van der Waals surface area (Å²) < 4.78 is 25.2. The van der Waals surface area contributed by atoms with Crippen molar-refractivity contribution in [1.82, 2.24) is 10.3 Å². The van der Waals surface area contributed by atoms with Crippen molar-refractivity contribution in [3.8, 4) is 0 Å². The molecule has 122 valence electrons. The zero-order valence-electron chi connectivity index (χ0n) is 13.1. The van der Waals surface area contributed by atoms with Crippen molar-refractivity contribution in [2.24, 2.45) is 0 Å². The first-order valence-corrected chi connectivity index (χ1v) is 8.91. The van der Waals surface area contributed by atoms with Gasteiger partial charge in [0, 0.05) is 18.9 Å². The minimum atomic E-state index is -3.56. The van der Waals surface area contributed by atoms with Gasteiger partial charge in [-0.3, -0.25) is 14.1 Å². The Labute approximate surface area is 136 Å². The number of anilines is 1. The fourth-order valence-corrected chi connectivity index (χ4v) is 3.03. The Hall–Kier alpha value is -2.41. The first kappa shape index (κ1) is 17.0. The van der Waals surface area contributed by atoms with Crippen LogP contribution in [0.3, 0.4) is 0 Å². The van der Waals surface area contributed by atoms with E-state index in [0.29, 0.717) is 12.2 Å². The van der Waals surface area contributed by atoms with E-state index in [2.05, 4.69) is 10.3 Å². The van der Waals surface area contributed by atoms with E-state index in [0.717, 1.165) is 21.7 Å². The second-order valence-electron chi connectivity index (χ2n) is 5.19. The molecule has 0 saturated heterocycles. The van der Waals surface area contributed by atoms with Gasteiger partial charge in [0.15, 0.2) is 0 Å². The first-order chi connectivity index (χ1) is 10.9. The molecule has 0 atom stereocenters. The molecule has 0 aliphatic carbocycles. The zero-order valence-corrected chi connectivity index (χ0v) is 13.9. The van der Waals surface area contributed by atoms with Gasteiger partial charge in [-0.05, 0) is 30.2 Å². The van der Waals surface area contributed by atoms with Gasteiger partial charge in [0.05, 0.1) is 11.9 Å². The molecule has 1 aromatic heterocycles. The van der Waals surface area contributed by atoms with Crippen molar-refractivity contribution in [3.05, 3.63) is 59.9 Å². The molecule has 0 unspecified atom stereocenters. The molecule has 1 amide bonds. The number of benzene rings is 1. The number of aromatic nitrogens is 1. The van der Waals surface area contributed by atoms with E-state index in [1.54, 1.807) is 43.6 Å². The second-order valence-corrected chi connectivity index (χ2v) is 7.10. The molecule has 2 aromatic rings. The monoisotopic (exact) mass is 333 g/mol. The molecule has 1 N–H and O–H groups in total. The molecular weight excluding hydrogens is 314 g/mol. The number of nitrogens with one attached hydrogen (secondary N) is 1. The topological polar surface area (TPSA) is 79.4 Å². The summed E-state index contributed by atoms with van der Waals surface area (Å²) in [6.07, 6.45) is 4.39. The number of aryl methyl sites for hydroxylation is 1. The van der Waals surface area contributed by atoms with Crippen LogP contribution in [0.2, 0.25) is 0 Å². The lowest BCUT2D eigenvalue weighted by Crippen LogP contribution is -2.40. The van der Waals surface area contributed by atoms with Crippen LogP contribution in [0.5, 0.6) is 0 Å². The van der Waals surface area contributed by atoms with E-state index in [9.17, 15) is 13.2 Å². The number of para-hydroxylation sites is 1. The Bertz CT molecular complexity index is 776. The van der Waals surface area contributed by atoms with E-state index in [1.165, 1.54) is 0 Å². The summed E-state index contributed by atoms with van der Waals surface area (Å²) in [6.45, 7) is 1.85. The van der Waals surface area contributed by atoms with Crippen LogP contribution in [-0.2, 0) is 21.4 Å². The van der Waals surface area contributed by atoms with Gasteiger partial charge in [-0.25, -0.2) is 8.42 Å². The number of pyridine rings is 1. The Morgan fingerprint density at radius 3 is 2.57 bits per heavy atom. The van der Waals surface area contributed by atoms with Gasteiger partial charge < -0.3 is 5.32 Å². The minimum Gasteiger partial charge on any atom is -0.350 e. The van der Waals surface area contributed by atoms with E-state index in [-0.39, 0.29) is 12.5 Å². The molecule has 1 aromatic carbocycles. The summed E-state index contributed by atoms with van der Waals surface area (Å²) in [5.41, 5.74) is 2.15. The SMILES string of the molecule is Cc1ccccc1N(CC(=O)NCc1cccnc1)S(C)(=O)=O. The molecule has 0 saturated carbocycles. The Morgan fingerprint density at radius 1 is 1.22 bits per heavy atom. The lowest BCUT2D eigenvalue weighted by atomic mass is 10.2. The number of sulfonamides is 1.